The van der Waals surface area contributed by atoms with Crippen molar-refractivity contribution in [1.29, 1.82) is 0 Å². The van der Waals surface area contributed by atoms with Crippen LogP contribution < -0.4 is 0 Å². The van der Waals surface area contributed by atoms with Crippen LogP contribution in [0.1, 0.15) is 23.3 Å². The van der Waals surface area contributed by atoms with Crippen LogP contribution in [0.25, 0.3) is 0 Å². The molecule has 0 unspecified atom stereocenters. The number of aliphatic carboxylic acids is 1. The summed E-state index contributed by atoms with van der Waals surface area (Å²) in [6.07, 6.45) is 1.93. The summed E-state index contributed by atoms with van der Waals surface area (Å²) in [5.74, 6) is -1.28. The van der Waals surface area contributed by atoms with E-state index in [2.05, 4.69) is 0 Å². The summed E-state index contributed by atoms with van der Waals surface area (Å²) in [6, 6.07) is 10.2. The first-order valence-electron chi connectivity index (χ1n) is 8.93. The molecule has 0 saturated carbocycles. The molecule has 2 atom stereocenters. The summed E-state index contributed by atoms with van der Waals surface area (Å²) in [6.45, 7) is 0.860. The highest BCUT2D eigenvalue weighted by atomic mass is 16.4. The average molecular weight is 368 g/mol. The molecule has 1 saturated heterocycles. The highest BCUT2D eigenvalue weighted by Gasteiger charge is 2.41. The minimum absolute atomic E-state index is 0.101. The van der Waals surface area contributed by atoms with Gasteiger partial charge in [0.15, 0.2) is 0 Å². The van der Waals surface area contributed by atoms with Crippen molar-refractivity contribution in [2.24, 2.45) is 5.92 Å². The van der Waals surface area contributed by atoms with Gasteiger partial charge in [-0.2, -0.15) is 0 Å². The fourth-order valence-corrected chi connectivity index (χ4v) is 3.89. The Morgan fingerprint density at radius 1 is 1.11 bits per heavy atom. The van der Waals surface area contributed by atoms with E-state index in [1.54, 1.807) is 23.3 Å². The van der Waals surface area contributed by atoms with Crippen molar-refractivity contribution in [3.8, 4) is 0 Å². The van der Waals surface area contributed by atoms with Gasteiger partial charge in [-0.1, -0.05) is 24.3 Å². The fraction of sp³-hybridized carbons (Fsp3) is 0.350. The third-order valence-corrected chi connectivity index (χ3v) is 5.31. The molecule has 2 aromatic rings. The Labute approximate surface area is 156 Å². The lowest BCUT2D eigenvalue weighted by Gasteiger charge is -2.35. The molecule has 1 aromatic heterocycles. The Bertz CT molecular complexity index is 876. The number of carbonyl (C=O) groups excluding carboxylic acids is 2. The third-order valence-electron chi connectivity index (χ3n) is 5.31. The summed E-state index contributed by atoms with van der Waals surface area (Å²) in [5.41, 5.74) is 1.91. The minimum atomic E-state index is -1.02. The van der Waals surface area contributed by atoms with Crippen LogP contribution in [-0.4, -0.2) is 45.3 Å². The van der Waals surface area contributed by atoms with Crippen molar-refractivity contribution in [3.05, 3.63) is 59.5 Å². The summed E-state index contributed by atoms with van der Waals surface area (Å²) >= 11 is 0. The second kappa shape index (κ2) is 6.90. The number of furan rings is 1. The summed E-state index contributed by atoms with van der Waals surface area (Å²) in [4.78, 5) is 40.1. The minimum Gasteiger partial charge on any atom is -0.480 e. The number of amides is 2. The van der Waals surface area contributed by atoms with Gasteiger partial charge < -0.3 is 19.3 Å². The molecule has 4 rings (SSSR count). The molecule has 3 heterocycles. The number of carboxylic acid groups (broad SMARTS) is 1. The molecule has 0 aliphatic carbocycles. The number of hydrogen-bond donors (Lipinski definition) is 1. The Balaban J connectivity index is 1.51. The summed E-state index contributed by atoms with van der Waals surface area (Å²) < 4.78 is 5.28. The van der Waals surface area contributed by atoms with Gasteiger partial charge in [0.05, 0.1) is 18.7 Å². The molecular formula is C20H20N2O5. The Hall–Kier alpha value is -3.09. The molecule has 2 amide bonds. The van der Waals surface area contributed by atoms with E-state index >= 15 is 0 Å². The number of benzene rings is 1. The number of carboxylic acids is 1. The van der Waals surface area contributed by atoms with Crippen molar-refractivity contribution in [3.63, 3.8) is 0 Å². The molecule has 7 nitrogen and oxygen atoms in total. The van der Waals surface area contributed by atoms with Gasteiger partial charge in [-0.15, -0.1) is 0 Å². The number of nitrogens with zero attached hydrogens (tertiary/aromatic N) is 2. The van der Waals surface area contributed by atoms with Gasteiger partial charge in [0.25, 0.3) is 0 Å². The van der Waals surface area contributed by atoms with Crippen molar-refractivity contribution < 1.29 is 23.9 Å². The zero-order chi connectivity index (χ0) is 19.0. The molecule has 0 bridgehead atoms. The number of likely N-dealkylation sites (tertiary alicyclic amines) is 1. The first-order chi connectivity index (χ1) is 13.0. The number of fused-ring (bicyclic) bond motifs is 1. The van der Waals surface area contributed by atoms with Crippen LogP contribution in [0.5, 0.6) is 0 Å². The molecule has 27 heavy (non-hydrogen) atoms. The second-order valence-corrected chi connectivity index (χ2v) is 7.05. The van der Waals surface area contributed by atoms with Crippen molar-refractivity contribution >= 4 is 17.8 Å². The quantitative estimate of drug-likeness (QED) is 0.886. The lowest BCUT2D eigenvalue weighted by Crippen LogP contribution is -2.51. The predicted molar refractivity (Wildman–Crippen MR) is 94.4 cm³/mol. The van der Waals surface area contributed by atoms with Crippen molar-refractivity contribution in [2.75, 3.05) is 6.54 Å². The van der Waals surface area contributed by atoms with Gasteiger partial charge in [-0.05, 0) is 23.3 Å². The normalized spacial score (nSPS) is 22.0. The molecule has 0 spiro atoms. The molecule has 1 N–H and O–H groups in total. The highest BCUT2D eigenvalue weighted by molar-refractivity contribution is 5.91. The lowest BCUT2D eigenvalue weighted by molar-refractivity contribution is -0.153. The van der Waals surface area contributed by atoms with Crippen LogP contribution in [0.4, 0.5) is 0 Å². The van der Waals surface area contributed by atoms with E-state index in [9.17, 15) is 19.5 Å². The van der Waals surface area contributed by atoms with Gasteiger partial charge >= 0.3 is 5.97 Å². The Kier molecular flexibility index (Phi) is 4.43. The molecule has 140 valence electrons. The molecular weight excluding hydrogens is 348 g/mol. The Morgan fingerprint density at radius 3 is 2.59 bits per heavy atom. The SMILES string of the molecule is O=C(O)[C@H]1Cc2ccccc2CN1C(=O)[C@H]1CC(=O)N(Cc2ccco2)C1. The molecule has 1 fully saturated rings. The van der Waals surface area contributed by atoms with E-state index in [1.807, 2.05) is 24.3 Å². The van der Waals surface area contributed by atoms with E-state index in [0.29, 0.717) is 12.3 Å². The number of carbonyl (C=O) groups is 3. The second-order valence-electron chi connectivity index (χ2n) is 7.05. The smallest absolute Gasteiger partial charge is 0.326 e. The zero-order valence-corrected chi connectivity index (χ0v) is 14.7. The van der Waals surface area contributed by atoms with Crippen LogP contribution in [0, 0.1) is 5.92 Å². The van der Waals surface area contributed by atoms with Gasteiger partial charge in [0.2, 0.25) is 11.8 Å². The maximum Gasteiger partial charge on any atom is 0.326 e. The number of hydrogen-bond acceptors (Lipinski definition) is 4. The highest BCUT2D eigenvalue weighted by Crippen LogP contribution is 2.28. The van der Waals surface area contributed by atoms with Gasteiger partial charge in [-0.3, -0.25) is 9.59 Å². The zero-order valence-electron chi connectivity index (χ0n) is 14.7. The van der Waals surface area contributed by atoms with Crippen molar-refractivity contribution in [2.45, 2.75) is 32.0 Å². The molecule has 1 aromatic carbocycles. The third kappa shape index (κ3) is 3.32. The fourth-order valence-electron chi connectivity index (χ4n) is 3.89. The van der Waals surface area contributed by atoms with E-state index in [0.717, 1.165) is 11.1 Å². The number of rotatable bonds is 4. The summed E-state index contributed by atoms with van der Waals surface area (Å²) in [5, 5.41) is 9.62. The maximum absolute atomic E-state index is 13.1. The van der Waals surface area contributed by atoms with Crippen molar-refractivity contribution in [1.82, 2.24) is 9.80 Å². The maximum atomic E-state index is 13.1. The van der Waals surface area contributed by atoms with E-state index < -0.39 is 17.9 Å². The van der Waals surface area contributed by atoms with Crippen LogP contribution in [-0.2, 0) is 33.9 Å². The van der Waals surface area contributed by atoms with E-state index in [1.165, 1.54) is 4.90 Å². The standard InChI is InChI=1S/C20H20N2O5/c23-18-9-15(10-21(18)12-16-6-3-7-27-16)19(24)22-11-14-5-2-1-4-13(14)8-17(22)20(25)26/h1-7,15,17H,8-12H2,(H,25,26)/t15-,17+/m0/s1. The van der Waals surface area contributed by atoms with Gasteiger partial charge in [0, 0.05) is 25.9 Å². The topological polar surface area (TPSA) is 91.1 Å². The lowest BCUT2D eigenvalue weighted by atomic mass is 9.92. The molecule has 2 aliphatic heterocycles. The largest absolute Gasteiger partial charge is 0.480 e. The predicted octanol–water partition coefficient (Wildman–Crippen LogP) is 1.67. The van der Waals surface area contributed by atoms with E-state index in [4.69, 9.17) is 4.42 Å². The monoisotopic (exact) mass is 368 g/mol. The molecule has 2 aliphatic rings. The van der Waals surface area contributed by atoms with Crippen LogP contribution in [0.3, 0.4) is 0 Å². The Morgan fingerprint density at radius 2 is 1.89 bits per heavy atom. The molecule has 7 heteroatoms. The van der Waals surface area contributed by atoms with Crippen LogP contribution in [0.15, 0.2) is 47.1 Å². The van der Waals surface area contributed by atoms with Gasteiger partial charge in [-0.25, -0.2) is 4.79 Å². The average Bonchev–Trinajstić information content (AvgIpc) is 3.30. The summed E-state index contributed by atoms with van der Waals surface area (Å²) in [7, 11) is 0. The van der Waals surface area contributed by atoms with Crippen LogP contribution in [0.2, 0.25) is 0 Å². The van der Waals surface area contributed by atoms with Gasteiger partial charge in [0.1, 0.15) is 11.8 Å². The first-order valence-corrected chi connectivity index (χ1v) is 8.93. The van der Waals surface area contributed by atoms with Crippen LogP contribution >= 0.6 is 0 Å². The first kappa shape index (κ1) is 17.3. The van der Waals surface area contributed by atoms with E-state index in [-0.39, 0.29) is 37.7 Å². The molecule has 0 radical (unpaired) electrons.